The summed E-state index contributed by atoms with van der Waals surface area (Å²) in [5.41, 5.74) is 3.09. The number of carbonyl (C=O) groups excluding carboxylic acids is 1. The fourth-order valence-electron chi connectivity index (χ4n) is 2.69. The highest BCUT2D eigenvalue weighted by Gasteiger charge is 2.13. The minimum atomic E-state index is -0.0814. The van der Waals surface area contributed by atoms with E-state index in [1.807, 2.05) is 42.5 Å². The van der Waals surface area contributed by atoms with E-state index in [1.54, 1.807) is 12.4 Å². The van der Waals surface area contributed by atoms with Crippen LogP contribution in [-0.2, 0) is 0 Å². The molecule has 0 saturated carbocycles. The van der Waals surface area contributed by atoms with Crippen LogP contribution < -0.4 is 10.6 Å². The lowest BCUT2D eigenvalue weighted by Gasteiger charge is -2.11. The molecule has 3 aromatic rings. The molecule has 5 heteroatoms. The van der Waals surface area contributed by atoms with Gasteiger partial charge < -0.3 is 10.6 Å². The van der Waals surface area contributed by atoms with Crippen molar-refractivity contribution in [2.24, 2.45) is 0 Å². The van der Waals surface area contributed by atoms with Crippen molar-refractivity contribution in [1.82, 2.24) is 20.6 Å². The molecule has 0 unspecified atom stereocenters. The molecule has 0 atom stereocenters. The molecule has 0 aliphatic heterocycles. The van der Waals surface area contributed by atoms with Gasteiger partial charge in [0.25, 0.3) is 5.91 Å². The van der Waals surface area contributed by atoms with Crippen molar-refractivity contribution in [3.63, 3.8) is 0 Å². The van der Waals surface area contributed by atoms with Gasteiger partial charge in [-0.05, 0) is 37.2 Å². The van der Waals surface area contributed by atoms with Gasteiger partial charge in [-0.2, -0.15) is 0 Å². The van der Waals surface area contributed by atoms with E-state index in [2.05, 4.69) is 27.5 Å². The van der Waals surface area contributed by atoms with Gasteiger partial charge in [0, 0.05) is 36.4 Å². The average Bonchev–Trinajstić information content (AvgIpc) is 2.67. The number of carbonyl (C=O) groups is 1. The Morgan fingerprint density at radius 1 is 1.08 bits per heavy atom. The van der Waals surface area contributed by atoms with Gasteiger partial charge in [0.1, 0.15) is 0 Å². The summed E-state index contributed by atoms with van der Waals surface area (Å²) in [5, 5.41) is 7.12. The van der Waals surface area contributed by atoms with Crippen LogP contribution in [0, 0.1) is 0 Å². The molecule has 2 heterocycles. The Bertz CT molecular complexity index is 849. The van der Waals surface area contributed by atoms with Crippen molar-refractivity contribution >= 4 is 16.8 Å². The second kappa shape index (κ2) is 8.35. The first-order chi connectivity index (χ1) is 12.3. The summed E-state index contributed by atoms with van der Waals surface area (Å²) in [5.74, 6) is -0.0814. The van der Waals surface area contributed by atoms with Crippen LogP contribution in [0.3, 0.4) is 0 Å². The van der Waals surface area contributed by atoms with Crippen LogP contribution in [0.5, 0.6) is 0 Å². The van der Waals surface area contributed by atoms with E-state index in [0.29, 0.717) is 12.1 Å². The van der Waals surface area contributed by atoms with Crippen molar-refractivity contribution < 1.29 is 4.79 Å². The Kier molecular flexibility index (Phi) is 5.69. The number of aromatic nitrogens is 2. The van der Waals surface area contributed by atoms with E-state index in [4.69, 9.17) is 0 Å². The first-order valence-corrected chi connectivity index (χ1v) is 8.58. The molecule has 5 nitrogen and oxygen atoms in total. The van der Waals surface area contributed by atoms with Gasteiger partial charge in [-0.1, -0.05) is 25.1 Å². The third-order valence-electron chi connectivity index (χ3n) is 3.93. The first-order valence-electron chi connectivity index (χ1n) is 8.58. The summed E-state index contributed by atoms with van der Waals surface area (Å²) in [4.78, 5) is 21.5. The SMILES string of the molecule is CCCNCCNC(=O)c1cc(-c2cccnc2)nc2ccccc12. The van der Waals surface area contributed by atoms with Crippen molar-refractivity contribution in [3.05, 3.63) is 60.4 Å². The quantitative estimate of drug-likeness (QED) is 0.652. The van der Waals surface area contributed by atoms with Crippen molar-refractivity contribution in [3.8, 4) is 11.3 Å². The number of hydrogen-bond donors (Lipinski definition) is 2. The third-order valence-corrected chi connectivity index (χ3v) is 3.93. The molecular formula is C20H22N4O. The highest BCUT2D eigenvalue weighted by atomic mass is 16.1. The summed E-state index contributed by atoms with van der Waals surface area (Å²) in [6, 6.07) is 13.4. The number of benzene rings is 1. The fourth-order valence-corrected chi connectivity index (χ4v) is 2.69. The maximum Gasteiger partial charge on any atom is 0.252 e. The molecule has 25 heavy (non-hydrogen) atoms. The molecule has 0 bridgehead atoms. The molecule has 1 aromatic carbocycles. The Morgan fingerprint density at radius 3 is 2.76 bits per heavy atom. The average molecular weight is 334 g/mol. The molecule has 0 fully saturated rings. The van der Waals surface area contributed by atoms with Gasteiger partial charge in [-0.15, -0.1) is 0 Å². The molecule has 3 rings (SSSR count). The van der Waals surface area contributed by atoms with Gasteiger partial charge in [0.05, 0.1) is 16.8 Å². The van der Waals surface area contributed by atoms with Gasteiger partial charge in [-0.3, -0.25) is 9.78 Å². The second-order valence-corrected chi connectivity index (χ2v) is 5.82. The monoisotopic (exact) mass is 334 g/mol. The van der Waals surface area contributed by atoms with E-state index >= 15 is 0 Å². The third kappa shape index (κ3) is 4.19. The maximum absolute atomic E-state index is 12.7. The van der Waals surface area contributed by atoms with E-state index in [9.17, 15) is 4.79 Å². The molecule has 2 aromatic heterocycles. The lowest BCUT2D eigenvalue weighted by molar-refractivity contribution is 0.0955. The van der Waals surface area contributed by atoms with Crippen LogP contribution in [0.15, 0.2) is 54.9 Å². The number of rotatable bonds is 7. The van der Waals surface area contributed by atoms with Gasteiger partial charge in [0.15, 0.2) is 0 Å². The predicted octanol–water partition coefficient (Wildman–Crippen LogP) is 3.03. The molecule has 0 saturated heterocycles. The van der Waals surface area contributed by atoms with Crippen molar-refractivity contribution in [2.45, 2.75) is 13.3 Å². The summed E-state index contributed by atoms with van der Waals surface area (Å²) >= 11 is 0. The Balaban J connectivity index is 1.89. The van der Waals surface area contributed by atoms with Crippen LogP contribution in [0.1, 0.15) is 23.7 Å². The standard InChI is InChI=1S/C20H22N4O/c1-2-9-21-11-12-23-20(25)17-13-19(15-6-5-10-22-14-15)24-18-8-4-3-7-16(17)18/h3-8,10,13-14,21H,2,9,11-12H2,1H3,(H,23,25). The highest BCUT2D eigenvalue weighted by molar-refractivity contribution is 6.07. The zero-order chi connectivity index (χ0) is 17.5. The molecule has 1 amide bonds. The summed E-state index contributed by atoms with van der Waals surface area (Å²) in [7, 11) is 0. The van der Waals surface area contributed by atoms with E-state index in [0.717, 1.165) is 41.7 Å². The van der Waals surface area contributed by atoms with Crippen LogP contribution in [0.2, 0.25) is 0 Å². The summed E-state index contributed by atoms with van der Waals surface area (Å²) < 4.78 is 0. The van der Waals surface area contributed by atoms with E-state index < -0.39 is 0 Å². The van der Waals surface area contributed by atoms with Gasteiger partial charge in [0.2, 0.25) is 0 Å². The summed E-state index contributed by atoms with van der Waals surface area (Å²) in [6.07, 6.45) is 4.56. The van der Waals surface area contributed by atoms with Crippen LogP contribution >= 0.6 is 0 Å². The Morgan fingerprint density at radius 2 is 1.96 bits per heavy atom. The molecule has 128 valence electrons. The number of fused-ring (bicyclic) bond motifs is 1. The maximum atomic E-state index is 12.7. The predicted molar refractivity (Wildman–Crippen MR) is 100 cm³/mol. The van der Waals surface area contributed by atoms with Crippen LogP contribution in [0.25, 0.3) is 22.2 Å². The zero-order valence-electron chi connectivity index (χ0n) is 14.3. The zero-order valence-corrected chi connectivity index (χ0v) is 14.3. The molecule has 0 aliphatic carbocycles. The first kappa shape index (κ1) is 17.0. The van der Waals surface area contributed by atoms with Crippen LogP contribution in [-0.4, -0.2) is 35.5 Å². The normalized spacial score (nSPS) is 10.8. The Hall–Kier alpha value is -2.79. The van der Waals surface area contributed by atoms with Gasteiger partial charge in [-0.25, -0.2) is 4.98 Å². The fraction of sp³-hybridized carbons (Fsp3) is 0.250. The number of nitrogens with zero attached hydrogens (tertiary/aromatic N) is 2. The lowest BCUT2D eigenvalue weighted by Crippen LogP contribution is -2.32. The number of amides is 1. The smallest absolute Gasteiger partial charge is 0.252 e. The molecule has 0 radical (unpaired) electrons. The molecule has 2 N–H and O–H groups in total. The number of para-hydroxylation sites is 1. The van der Waals surface area contributed by atoms with Gasteiger partial charge >= 0.3 is 0 Å². The summed E-state index contributed by atoms with van der Waals surface area (Å²) in [6.45, 7) is 4.43. The highest BCUT2D eigenvalue weighted by Crippen LogP contribution is 2.24. The Labute approximate surface area is 147 Å². The van der Waals surface area contributed by atoms with E-state index in [-0.39, 0.29) is 5.91 Å². The topological polar surface area (TPSA) is 66.9 Å². The van der Waals surface area contributed by atoms with Crippen molar-refractivity contribution in [2.75, 3.05) is 19.6 Å². The van der Waals surface area contributed by atoms with E-state index in [1.165, 1.54) is 0 Å². The second-order valence-electron chi connectivity index (χ2n) is 5.82. The van der Waals surface area contributed by atoms with Crippen LogP contribution in [0.4, 0.5) is 0 Å². The number of pyridine rings is 2. The number of nitrogens with one attached hydrogen (secondary N) is 2. The molecule has 0 spiro atoms. The minimum absolute atomic E-state index is 0.0814. The largest absolute Gasteiger partial charge is 0.351 e. The van der Waals surface area contributed by atoms with Crippen molar-refractivity contribution in [1.29, 1.82) is 0 Å². The molecule has 0 aliphatic rings. The molecular weight excluding hydrogens is 312 g/mol. The minimum Gasteiger partial charge on any atom is -0.351 e. The number of hydrogen-bond acceptors (Lipinski definition) is 4. The lowest BCUT2D eigenvalue weighted by atomic mass is 10.0.